The van der Waals surface area contributed by atoms with Gasteiger partial charge < -0.3 is 20.6 Å². The number of aromatic hydroxyl groups is 1. The second-order valence-electron chi connectivity index (χ2n) is 4.46. The number of carboxylic acids is 1. The number of amides is 1. The number of hydrogen-bond donors (Lipinski definition) is 4. The van der Waals surface area contributed by atoms with Gasteiger partial charge in [0.2, 0.25) is 0 Å². The zero-order valence-corrected chi connectivity index (χ0v) is 12.0. The molecule has 0 unspecified atom stereocenters. The standard InChI is InChI=1S/C15H12ClNO5/c16-11-6-9(15(21)22)2-3-12(11)17-14(20)10-5-8(7-18)1-4-13(10)19/h1-6,18-19H,7H2,(H,17,20)(H,21,22). The number of benzene rings is 2. The lowest BCUT2D eigenvalue weighted by atomic mass is 10.1. The van der Waals surface area contributed by atoms with E-state index in [4.69, 9.17) is 21.8 Å². The Morgan fingerprint density at radius 1 is 1.14 bits per heavy atom. The van der Waals surface area contributed by atoms with Crippen molar-refractivity contribution in [3.63, 3.8) is 0 Å². The summed E-state index contributed by atoms with van der Waals surface area (Å²) >= 11 is 5.92. The molecular formula is C15H12ClNO5. The van der Waals surface area contributed by atoms with Gasteiger partial charge in [0.05, 0.1) is 28.4 Å². The van der Waals surface area contributed by atoms with E-state index < -0.39 is 11.9 Å². The number of halogens is 1. The van der Waals surface area contributed by atoms with Crippen molar-refractivity contribution in [2.24, 2.45) is 0 Å². The molecule has 0 fully saturated rings. The summed E-state index contributed by atoms with van der Waals surface area (Å²) in [6.45, 7) is -0.269. The van der Waals surface area contributed by atoms with Crippen LogP contribution in [0.15, 0.2) is 36.4 Å². The highest BCUT2D eigenvalue weighted by molar-refractivity contribution is 6.34. The van der Waals surface area contributed by atoms with Gasteiger partial charge in [0.15, 0.2) is 0 Å². The highest BCUT2D eigenvalue weighted by atomic mass is 35.5. The van der Waals surface area contributed by atoms with Crippen molar-refractivity contribution in [2.45, 2.75) is 6.61 Å². The average molecular weight is 322 g/mol. The molecule has 2 aromatic carbocycles. The van der Waals surface area contributed by atoms with Crippen molar-refractivity contribution in [2.75, 3.05) is 5.32 Å². The lowest BCUT2D eigenvalue weighted by Gasteiger charge is -2.10. The Kier molecular flexibility index (Phi) is 4.65. The first kappa shape index (κ1) is 15.8. The molecule has 0 spiro atoms. The van der Waals surface area contributed by atoms with Gasteiger partial charge in [-0.2, -0.15) is 0 Å². The predicted molar refractivity (Wildman–Crippen MR) is 80.4 cm³/mol. The molecule has 7 heteroatoms. The maximum atomic E-state index is 12.1. The summed E-state index contributed by atoms with van der Waals surface area (Å²) in [7, 11) is 0. The molecule has 0 saturated heterocycles. The van der Waals surface area contributed by atoms with E-state index in [1.807, 2.05) is 0 Å². The Bertz CT molecular complexity index is 745. The number of aromatic carboxylic acids is 1. The second-order valence-corrected chi connectivity index (χ2v) is 4.87. The lowest BCUT2D eigenvalue weighted by Crippen LogP contribution is -2.13. The van der Waals surface area contributed by atoms with Gasteiger partial charge in [-0.3, -0.25) is 4.79 Å². The summed E-state index contributed by atoms with van der Waals surface area (Å²) in [6, 6.07) is 8.01. The Morgan fingerprint density at radius 3 is 2.45 bits per heavy atom. The first-order valence-corrected chi connectivity index (χ1v) is 6.57. The van der Waals surface area contributed by atoms with Crippen LogP contribution in [-0.2, 0) is 6.61 Å². The fourth-order valence-electron chi connectivity index (χ4n) is 1.80. The molecule has 0 aliphatic rings. The van der Waals surface area contributed by atoms with E-state index in [-0.39, 0.29) is 34.2 Å². The summed E-state index contributed by atoms with van der Waals surface area (Å²) in [5, 5.41) is 30.2. The van der Waals surface area contributed by atoms with E-state index in [1.54, 1.807) is 0 Å². The van der Waals surface area contributed by atoms with Crippen LogP contribution in [-0.4, -0.2) is 27.2 Å². The molecule has 0 heterocycles. The normalized spacial score (nSPS) is 10.3. The number of phenolic OH excluding ortho intramolecular Hbond substituents is 1. The van der Waals surface area contributed by atoms with Crippen LogP contribution in [0.1, 0.15) is 26.3 Å². The fourth-order valence-corrected chi connectivity index (χ4v) is 2.03. The minimum absolute atomic E-state index is 0.00637. The molecule has 6 nitrogen and oxygen atoms in total. The van der Waals surface area contributed by atoms with Crippen LogP contribution in [0.4, 0.5) is 5.69 Å². The number of hydrogen-bond acceptors (Lipinski definition) is 4. The van der Waals surface area contributed by atoms with Gasteiger partial charge >= 0.3 is 5.97 Å². The van der Waals surface area contributed by atoms with Crippen molar-refractivity contribution >= 4 is 29.2 Å². The number of anilines is 1. The van der Waals surface area contributed by atoms with E-state index in [2.05, 4.69) is 5.32 Å². The Morgan fingerprint density at radius 2 is 1.86 bits per heavy atom. The van der Waals surface area contributed by atoms with Gasteiger partial charge in [-0.1, -0.05) is 17.7 Å². The largest absolute Gasteiger partial charge is 0.507 e. The highest BCUT2D eigenvalue weighted by Gasteiger charge is 2.14. The average Bonchev–Trinajstić information content (AvgIpc) is 2.49. The Labute approximate surface area is 130 Å². The molecule has 114 valence electrons. The summed E-state index contributed by atoms with van der Waals surface area (Å²) in [6.07, 6.45) is 0. The van der Waals surface area contributed by atoms with Gasteiger partial charge in [0.1, 0.15) is 5.75 Å². The van der Waals surface area contributed by atoms with E-state index >= 15 is 0 Å². The van der Waals surface area contributed by atoms with Gasteiger partial charge in [0, 0.05) is 0 Å². The van der Waals surface area contributed by atoms with Gasteiger partial charge in [-0.25, -0.2) is 4.79 Å². The minimum atomic E-state index is -1.13. The summed E-state index contributed by atoms with van der Waals surface area (Å²) < 4.78 is 0. The second kappa shape index (κ2) is 6.46. The highest BCUT2D eigenvalue weighted by Crippen LogP contribution is 2.25. The maximum absolute atomic E-state index is 12.1. The van der Waals surface area contributed by atoms with Crippen LogP contribution in [0.2, 0.25) is 5.02 Å². The van der Waals surface area contributed by atoms with Crippen molar-refractivity contribution in [3.8, 4) is 5.75 Å². The smallest absolute Gasteiger partial charge is 0.335 e. The number of carbonyl (C=O) groups excluding carboxylic acids is 1. The molecule has 1 amide bonds. The molecule has 0 radical (unpaired) electrons. The first-order chi connectivity index (χ1) is 10.4. The van der Waals surface area contributed by atoms with Crippen LogP contribution >= 0.6 is 11.6 Å². The minimum Gasteiger partial charge on any atom is -0.507 e. The molecule has 0 aliphatic heterocycles. The molecule has 0 atom stereocenters. The maximum Gasteiger partial charge on any atom is 0.335 e. The zero-order valence-electron chi connectivity index (χ0n) is 11.2. The summed E-state index contributed by atoms with van der Waals surface area (Å²) in [4.78, 5) is 23.0. The SMILES string of the molecule is O=C(O)c1ccc(NC(=O)c2cc(CO)ccc2O)c(Cl)c1. The van der Waals surface area contributed by atoms with Crippen LogP contribution in [0.3, 0.4) is 0 Å². The molecular weight excluding hydrogens is 310 g/mol. The van der Waals surface area contributed by atoms with Crippen LogP contribution in [0, 0.1) is 0 Å². The molecule has 2 rings (SSSR count). The molecule has 0 bridgehead atoms. The van der Waals surface area contributed by atoms with Crippen molar-refractivity contribution < 1.29 is 24.9 Å². The summed E-state index contributed by atoms with van der Waals surface area (Å²) in [5.41, 5.74) is 0.652. The third-order valence-corrected chi connectivity index (χ3v) is 3.27. The number of carbonyl (C=O) groups is 2. The van der Waals surface area contributed by atoms with Gasteiger partial charge in [0.25, 0.3) is 5.91 Å². The molecule has 0 saturated carbocycles. The van der Waals surface area contributed by atoms with Crippen LogP contribution in [0.5, 0.6) is 5.75 Å². The lowest BCUT2D eigenvalue weighted by molar-refractivity contribution is 0.0696. The monoisotopic (exact) mass is 321 g/mol. The number of nitrogens with one attached hydrogen (secondary N) is 1. The van der Waals surface area contributed by atoms with Crippen molar-refractivity contribution in [3.05, 3.63) is 58.1 Å². The summed E-state index contributed by atoms with van der Waals surface area (Å²) in [5.74, 6) is -2.00. The van der Waals surface area contributed by atoms with Gasteiger partial charge in [-0.15, -0.1) is 0 Å². The number of rotatable bonds is 4. The third kappa shape index (κ3) is 3.36. The quantitative estimate of drug-likeness (QED) is 0.692. The van der Waals surface area contributed by atoms with Crippen LogP contribution < -0.4 is 5.32 Å². The third-order valence-electron chi connectivity index (χ3n) is 2.95. The van der Waals surface area contributed by atoms with Crippen molar-refractivity contribution in [1.29, 1.82) is 0 Å². The van der Waals surface area contributed by atoms with E-state index in [0.717, 1.165) is 0 Å². The van der Waals surface area contributed by atoms with E-state index in [0.29, 0.717) is 5.56 Å². The van der Waals surface area contributed by atoms with Crippen molar-refractivity contribution in [1.82, 2.24) is 0 Å². The molecule has 2 aromatic rings. The number of carboxylic acid groups (broad SMARTS) is 1. The number of aliphatic hydroxyl groups is 1. The number of phenols is 1. The first-order valence-electron chi connectivity index (χ1n) is 6.19. The Hall–Kier alpha value is -2.57. The molecule has 0 aliphatic carbocycles. The Balaban J connectivity index is 2.27. The van der Waals surface area contributed by atoms with Gasteiger partial charge in [-0.05, 0) is 35.9 Å². The predicted octanol–water partition coefficient (Wildman–Crippen LogP) is 2.49. The topological polar surface area (TPSA) is 107 Å². The van der Waals surface area contributed by atoms with E-state index in [9.17, 15) is 14.7 Å². The molecule has 22 heavy (non-hydrogen) atoms. The molecule has 4 N–H and O–H groups in total. The molecule has 0 aromatic heterocycles. The zero-order chi connectivity index (χ0) is 16.3. The van der Waals surface area contributed by atoms with E-state index in [1.165, 1.54) is 36.4 Å². The number of aliphatic hydroxyl groups excluding tert-OH is 1. The van der Waals surface area contributed by atoms with Crippen LogP contribution in [0.25, 0.3) is 0 Å². The fraction of sp³-hybridized carbons (Fsp3) is 0.0667.